The van der Waals surface area contributed by atoms with E-state index >= 15 is 0 Å². The fraction of sp³-hybridized carbons (Fsp3) is 0.500. The summed E-state index contributed by atoms with van der Waals surface area (Å²) >= 11 is 6.08. The highest BCUT2D eigenvalue weighted by atomic mass is 35.5. The van der Waals surface area contributed by atoms with Crippen molar-refractivity contribution in [3.05, 3.63) is 34.6 Å². The molecular weight excluding hydrogens is 337 g/mol. The molecule has 0 unspecified atom stereocenters. The SMILES string of the molecule is O=C1NCCN(Cc2c(F)cccc2Cl)[C@@H]1CC(=O)N1CCCO1. The fourth-order valence-corrected chi connectivity index (χ4v) is 3.19. The second-order valence-electron chi connectivity index (χ2n) is 5.86. The fourth-order valence-electron chi connectivity index (χ4n) is 2.97. The van der Waals surface area contributed by atoms with Crippen LogP contribution in [0, 0.1) is 5.82 Å². The van der Waals surface area contributed by atoms with Gasteiger partial charge in [-0.1, -0.05) is 17.7 Å². The van der Waals surface area contributed by atoms with E-state index < -0.39 is 11.9 Å². The Morgan fingerprint density at radius 3 is 2.96 bits per heavy atom. The van der Waals surface area contributed by atoms with Crippen LogP contribution in [-0.2, 0) is 21.0 Å². The highest BCUT2D eigenvalue weighted by Crippen LogP contribution is 2.23. The van der Waals surface area contributed by atoms with Gasteiger partial charge in [0.15, 0.2) is 0 Å². The van der Waals surface area contributed by atoms with Gasteiger partial charge in [0, 0.05) is 30.2 Å². The summed E-state index contributed by atoms with van der Waals surface area (Å²) < 4.78 is 14.0. The van der Waals surface area contributed by atoms with Crippen LogP contribution in [0.3, 0.4) is 0 Å². The van der Waals surface area contributed by atoms with Crippen molar-refractivity contribution in [2.45, 2.75) is 25.4 Å². The van der Waals surface area contributed by atoms with Crippen LogP contribution in [-0.4, -0.2) is 54.1 Å². The van der Waals surface area contributed by atoms with E-state index in [-0.39, 0.29) is 24.8 Å². The molecule has 0 radical (unpaired) electrons. The molecule has 24 heavy (non-hydrogen) atoms. The lowest BCUT2D eigenvalue weighted by molar-refractivity contribution is -0.171. The topological polar surface area (TPSA) is 61.9 Å². The number of nitrogens with one attached hydrogen (secondary N) is 1. The van der Waals surface area contributed by atoms with Gasteiger partial charge in [0.25, 0.3) is 0 Å². The summed E-state index contributed by atoms with van der Waals surface area (Å²) in [6, 6.07) is 3.83. The molecule has 0 bridgehead atoms. The molecule has 2 heterocycles. The second-order valence-corrected chi connectivity index (χ2v) is 6.27. The molecule has 1 atom stereocenters. The molecule has 3 rings (SSSR count). The zero-order valence-electron chi connectivity index (χ0n) is 13.1. The van der Waals surface area contributed by atoms with Gasteiger partial charge in [-0.25, -0.2) is 9.45 Å². The van der Waals surface area contributed by atoms with Gasteiger partial charge in [-0.3, -0.25) is 19.3 Å². The van der Waals surface area contributed by atoms with Gasteiger partial charge in [-0.2, -0.15) is 0 Å². The first kappa shape index (κ1) is 17.1. The Morgan fingerprint density at radius 2 is 2.25 bits per heavy atom. The predicted molar refractivity (Wildman–Crippen MR) is 85.5 cm³/mol. The number of hydrogen-bond acceptors (Lipinski definition) is 4. The van der Waals surface area contributed by atoms with Gasteiger partial charge < -0.3 is 5.32 Å². The molecule has 0 spiro atoms. The number of piperazine rings is 1. The molecule has 2 aliphatic heterocycles. The second kappa shape index (κ2) is 7.46. The van der Waals surface area contributed by atoms with Crippen LogP contribution in [0.4, 0.5) is 4.39 Å². The maximum absolute atomic E-state index is 14.0. The number of carbonyl (C=O) groups is 2. The number of rotatable bonds is 4. The Labute approximate surface area is 144 Å². The maximum atomic E-state index is 14.0. The van der Waals surface area contributed by atoms with Gasteiger partial charge in [0.2, 0.25) is 11.8 Å². The summed E-state index contributed by atoms with van der Waals surface area (Å²) in [5, 5.41) is 4.37. The molecule has 8 heteroatoms. The number of benzene rings is 1. The lowest BCUT2D eigenvalue weighted by Gasteiger charge is -2.35. The summed E-state index contributed by atoms with van der Waals surface area (Å²) in [5.74, 6) is -0.887. The van der Waals surface area contributed by atoms with E-state index in [1.165, 1.54) is 17.2 Å². The average Bonchev–Trinajstić information content (AvgIpc) is 3.08. The summed E-state index contributed by atoms with van der Waals surface area (Å²) in [5.41, 5.74) is 0.337. The molecule has 130 valence electrons. The quantitative estimate of drug-likeness (QED) is 0.885. The Kier molecular flexibility index (Phi) is 5.33. The molecule has 1 aromatic rings. The highest BCUT2D eigenvalue weighted by Gasteiger charge is 2.34. The molecule has 0 saturated carbocycles. The predicted octanol–water partition coefficient (Wildman–Crippen LogP) is 1.33. The van der Waals surface area contributed by atoms with Gasteiger partial charge in [-0.05, 0) is 18.6 Å². The van der Waals surface area contributed by atoms with Crippen molar-refractivity contribution in [1.82, 2.24) is 15.3 Å². The third-order valence-electron chi connectivity index (χ3n) is 4.26. The molecule has 0 aliphatic carbocycles. The molecule has 2 amide bonds. The van der Waals surface area contributed by atoms with E-state index in [2.05, 4.69) is 5.32 Å². The standard InChI is InChI=1S/C16H19ClFN3O3/c17-12-3-1-4-13(18)11(12)10-20-7-5-19-16(23)14(20)9-15(22)21-6-2-8-24-21/h1,3-4,14H,2,5-10H2,(H,19,23)/t14-/m1/s1. The average molecular weight is 356 g/mol. The van der Waals surface area contributed by atoms with Crippen LogP contribution in [0.25, 0.3) is 0 Å². The van der Waals surface area contributed by atoms with Crippen LogP contribution >= 0.6 is 11.6 Å². The molecule has 2 aliphatic rings. The minimum absolute atomic E-state index is 0.00208. The molecule has 2 saturated heterocycles. The Balaban J connectivity index is 1.74. The number of amides is 2. The summed E-state index contributed by atoms with van der Waals surface area (Å²) in [6.07, 6.45) is 0.787. The summed E-state index contributed by atoms with van der Waals surface area (Å²) in [6.45, 7) is 2.20. The number of hydrogen-bond donors (Lipinski definition) is 1. The third kappa shape index (κ3) is 3.68. The normalized spacial score (nSPS) is 21.8. The molecule has 1 aromatic carbocycles. The van der Waals surface area contributed by atoms with Crippen molar-refractivity contribution in [3.8, 4) is 0 Å². The van der Waals surface area contributed by atoms with Crippen LogP contribution in [0.1, 0.15) is 18.4 Å². The minimum atomic E-state index is -0.661. The van der Waals surface area contributed by atoms with Gasteiger partial charge in [-0.15, -0.1) is 0 Å². The minimum Gasteiger partial charge on any atom is -0.353 e. The number of halogens is 2. The lowest BCUT2D eigenvalue weighted by Crippen LogP contribution is -2.56. The van der Waals surface area contributed by atoms with E-state index in [1.54, 1.807) is 11.0 Å². The largest absolute Gasteiger partial charge is 0.353 e. The molecule has 1 N–H and O–H groups in total. The van der Waals surface area contributed by atoms with E-state index in [4.69, 9.17) is 16.4 Å². The van der Waals surface area contributed by atoms with E-state index in [0.717, 1.165) is 6.42 Å². The van der Waals surface area contributed by atoms with Crippen LogP contribution in [0.5, 0.6) is 0 Å². The molecule has 0 aromatic heterocycles. The van der Waals surface area contributed by atoms with Crippen molar-refractivity contribution >= 4 is 23.4 Å². The Hall–Kier alpha value is -1.70. The van der Waals surface area contributed by atoms with E-state index in [9.17, 15) is 14.0 Å². The monoisotopic (exact) mass is 355 g/mol. The smallest absolute Gasteiger partial charge is 0.248 e. The van der Waals surface area contributed by atoms with Crippen molar-refractivity contribution in [2.75, 3.05) is 26.2 Å². The Morgan fingerprint density at radius 1 is 1.42 bits per heavy atom. The van der Waals surface area contributed by atoms with Crippen LogP contribution in [0.2, 0.25) is 5.02 Å². The number of carbonyl (C=O) groups excluding carboxylic acids is 2. The van der Waals surface area contributed by atoms with Crippen LogP contribution < -0.4 is 5.32 Å². The summed E-state index contributed by atoms with van der Waals surface area (Å²) in [4.78, 5) is 31.5. The van der Waals surface area contributed by atoms with Crippen molar-refractivity contribution < 1.29 is 18.8 Å². The van der Waals surface area contributed by atoms with E-state index in [0.29, 0.717) is 36.8 Å². The van der Waals surface area contributed by atoms with Gasteiger partial charge in [0.05, 0.1) is 25.6 Å². The van der Waals surface area contributed by atoms with Crippen molar-refractivity contribution in [2.24, 2.45) is 0 Å². The first-order valence-corrected chi connectivity index (χ1v) is 8.32. The first-order valence-electron chi connectivity index (χ1n) is 7.94. The lowest BCUT2D eigenvalue weighted by atomic mass is 10.1. The van der Waals surface area contributed by atoms with E-state index in [1.807, 2.05) is 0 Å². The zero-order valence-corrected chi connectivity index (χ0v) is 13.9. The highest BCUT2D eigenvalue weighted by molar-refractivity contribution is 6.31. The van der Waals surface area contributed by atoms with Crippen molar-refractivity contribution in [3.63, 3.8) is 0 Å². The molecule has 2 fully saturated rings. The molecule has 6 nitrogen and oxygen atoms in total. The third-order valence-corrected chi connectivity index (χ3v) is 4.62. The maximum Gasteiger partial charge on any atom is 0.248 e. The summed E-state index contributed by atoms with van der Waals surface area (Å²) in [7, 11) is 0. The number of hydroxylamine groups is 2. The Bertz CT molecular complexity index is 617. The van der Waals surface area contributed by atoms with Gasteiger partial charge in [0.1, 0.15) is 5.82 Å². The van der Waals surface area contributed by atoms with Gasteiger partial charge >= 0.3 is 0 Å². The number of nitrogens with zero attached hydrogens (tertiary/aromatic N) is 2. The van der Waals surface area contributed by atoms with Crippen molar-refractivity contribution in [1.29, 1.82) is 0 Å². The van der Waals surface area contributed by atoms with Crippen LogP contribution in [0.15, 0.2) is 18.2 Å². The first-order chi connectivity index (χ1) is 11.6. The zero-order chi connectivity index (χ0) is 17.1. The molecular formula is C16H19ClFN3O3.